The summed E-state index contributed by atoms with van der Waals surface area (Å²) in [5, 5.41) is 13.0. The maximum Gasteiger partial charge on any atom is 0.335 e. The van der Waals surface area contributed by atoms with Crippen molar-refractivity contribution in [1.29, 1.82) is 0 Å². The summed E-state index contributed by atoms with van der Waals surface area (Å²) in [6.45, 7) is 18.8. The van der Waals surface area contributed by atoms with Crippen LogP contribution in [0.5, 0.6) is 0 Å². The molecule has 1 heterocycles. The average Bonchev–Trinajstić information content (AvgIpc) is 3.62. The quantitative estimate of drug-likeness (QED) is 0.235. The smallest absolute Gasteiger partial charge is 0.335 e. The Kier molecular flexibility index (Phi) is 15.9. The van der Waals surface area contributed by atoms with Crippen LogP contribution in [0.3, 0.4) is 0 Å². The second-order valence-corrected chi connectivity index (χ2v) is 16.6. The van der Waals surface area contributed by atoms with Crippen LogP contribution in [0, 0.1) is 96.7 Å². The third-order valence-electron chi connectivity index (χ3n) is 14.7. The molecule has 1 amide bonds. The van der Waals surface area contributed by atoms with E-state index in [9.17, 15) is 14.7 Å². The molecule has 292 valence electrons. The fraction of sp³-hybridized carbons (Fsp3) is 0.510. The molecule has 4 saturated carbocycles. The first-order chi connectivity index (χ1) is 26.3. The fourth-order valence-electron chi connectivity index (χ4n) is 12.6. The van der Waals surface area contributed by atoms with Gasteiger partial charge in [0.25, 0.3) is 0 Å². The molecule has 2 N–H and O–H groups in total. The second-order valence-electron chi connectivity index (χ2n) is 16.6. The number of hydrogen-bond donors (Lipinski definition) is 2. The number of carboxylic acids is 1. The standard InChI is InChI=1S/C39H51N3O3.C2H4.4C2H2/c1-35(2)27(25-9-11-26(12-10-25)34(44)45)15-18-36(3)30(35)16-19-38(5)31(36)14-13-28-29-8-6-17-39(29,21-20-37(28,38)4)42-33(43)24-32-40-22-7-23-41-32;5*1-2/h7,9-12,15,22-23,28-31H,6,8,13-14,16-21,24H2,1-5H3,(H,42,43)(H,44,45);1-2H2;4*1-2H/t28-,29?,30?,31?,36+,37-,38-,39+;;;;;/m1...../s1. The molecule has 2 aromatic rings. The van der Waals surface area contributed by atoms with Crippen LogP contribution in [-0.2, 0) is 11.2 Å². The van der Waals surface area contributed by atoms with Crippen molar-refractivity contribution in [3.8, 4) is 51.4 Å². The van der Waals surface area contributed by atoms with E-state index in [0.717, 1.165) is 19.3 Å². The predicted molar refractivity (Wildman–Crippen MR) is 227 cm³/mol. The van der Waals surface area contributed by atoms with Gasteiger partial charge in [0.15, 0.2) is 0 Å². The number of aromatic carboxylic acids is 1. The fourth-order valence-corrected chi connectivity index (χ4v) is 12.6. The van der Waals surface area contributed by atoms with Crippen molar-refractivity contribution in [3.05, 3.63) is 78.9 Å². The van der Waals surface area contributed by atoms with Gasteiger partial charge in [0, 0.05) is 17.9 Å². The lowest BCUT2D eigenvalue weighted by molar-refractivity contribution is -0.216. The molecule has 55 heavy (non-hydrogen) atoms. The van der Waals surface area contributed by atoms with Gasteiger partial charge in [-0.3, -0.25) is 4.79 Å². The zero-order valence-corrected chi connectivity index (χ0v) is 33.9. The van der Waals surface area contributed by atoms with Gasteiger partial charge in [0.1, 0.15) is 5.82 Å². The van der Waals surface area contributed by atoms with Gasteiger partial charge in [-0.05, 0) is 132 Å². The van der Waals surface area contributed by atoms with E-state index in [4.69, 9.17) is 0 Å². The van der Waals surface area contributed by atoms with E-state index < -0.39 is 5.97 Å². The molecule has 1 aromatic carbocycles. The van der Waals surface area contributed by atoms with Crippen molar-refractivity contribution >= 4 is 17.4 Å². The molecule has 0 aliphatic heterocycles. The number of aromatic nitrogens is 2. The molecule has 5 aliphatic rings. The van der Waals surface area contributed by atoms with Gasteiger partial charge < -0.3 is 10.4 Å². The molecule has 1 aromatic heterocycles. The number of allylic oxidation sites excluding steroid dienone is 2. The summed E-state index contributed by atoms with van der Waals surface area (Å²) in [7, 11) is 0. The highest BCUT2D eigenvalue weighted by molar-refractivity contribution is 5.88. The summed E-state index contributed by atoms with van der Waals surface area (Å²) in [4.78, 5) is 33.5. The third-order valence-corrected chi connectivity index (χ3v) is 14.7. The number of amides is 1. The summed E-state index contributed by atoms with van der Waals surface area (Å²) in [6.07, 6.45) is 50.1. The van der Waals surface area contributed by atoms with Crippen molar-refractivity contribution in [1.82, 2.24) is 15.3 Å². The molecule has 0 bridgehead atoms. The van der Waals surface area contributed by atoms with Crippen LogP contribution in [0.15, 0.2) is 62.0 Å². The number of terminal acetylenes is 4. The van der Waals surface area contributed by atoms with E-state index >= 15 is 0 Å². The number of rotatable bonds is 5. The Morgan fingerprint density at radius 3 is 1.95 bits per heavy atom. The normalized spacial score (nSPS) is 32.8. The number of nitrogens with one attached hydrogen (secondary N) is 1. The molecule has 6 nitrogen and oxygen atoms in total. The van der Waals surface area contributed by atoms with Crippen LogP contribution in [0.25, 0.3) is 5.57 Å². The maximum absolute atomic E-state index is 13.4. The number of carboxylic acid groups (broad SMARTS) is 1. The van der Waals surface area contributed by atoms with Crippen molar-refractivity contribution < 1.29 is 14.7 Å². The van der Waals surface area contributed by atoms with E-state index in [-0.39, 0.29) is 39.5 Å². The minimum Gasteiger partial charge on any atom is -0.478 e. The molecule has 5 aliphatic carbocycles. The van der Waals surface area contributed by atoms with Gasteiger partial charge in [0.2, 0.25) is 5.91 Å². The monoisotopic (exact) mass is 741 g/mol. The van der Waals surface area contributed by atoms with Crippen LogP contribution >= 0.6 is 0 Å². The first-order valence-electron chi connectivity index (χ1n) is 19.3. The highest BCUT2D eigenvalue weighted by Crippen LogP contribution is 2.76. The Hall–Kier alpha value is -5.04. The van der Waals surface area contributed by atoms with Crippen LogP contribution in [-0.4, -0.2) is 32.5 Å². The lowest BCUT2D eigenvalue weighted by Crippen LogP contribution is -2.67. The number of hydrogen-bond acceptors (Lipinski definition) is 4. The Morgan fingerprint density at radius 1 is 0.764 bits per heavy atom. The Bertz CT molecular complexity index is 1690. The lowest BCUT2D eigenvalue weighted by Gasteiger charge is -2.72. The molecule has 4 fully saturated rings. The summed E-state index contributed by atoms with van der Waals surface area (Å²) < 4.78 is 0. The Labute approximate surface area is 332 Å². The van der Waals surface area contributed by atoms with Crippen molar-refractivity contribution in [2.24, 2.45) is 45.3 Å². The summed E-state index contributed by atoms with van der Waals surface area (Å²) >= 11 is 0. The van der Waals surface area contributed by atoms with E-state index in [0.29, 0.717) is 35.1 Å². The number of nitrogens with zero attached hydrogens (tertiary/aromatic N) is 2. The number of carbonyl (C=O) groups excluding carboxylic acids is 1. The molecule has 6 heteroatoms. The summed E-state index contributed by atoms with van der Waals surface area (Å²) in [5.74, 6) is 2.23. The van der Waals surface area contributed by atoms with Crippen molar-refractivity contribution in [3.63, 3.8) is 0 Å². The molecular formula is C49H63N3O3. The van der Waals surface area contributed by atoms with Crippen LogP contribution in [0.2, 0.25) is 0 Å². The largest absolute Gasteiger partial charge is 0.478 e. The van der Waals surface area contributed by atoms with Crippen LogP contribution in [0.4, 0.5) is 0 Å². The number of carbonyl (C=O) groups is 2. The number of benzene rings is 1. The van der Waals surface area contributed by atoms with Gasteiger partial charge in [-0.15, -0.1) is 64.5 Å². The van der Waals surface area contributed by atoms with Gasteiger partial charge in [-0.1, -0.05) is 59.2 Å². The molecule has 7 rings (SSSR count). The van der Waals surface area contributed by atoms with E-state index in [1.165, 1.54) is 56.1 Å². The number of fused-ring (bicyclic) bond motifs is 7. The van der Waals surface area contributed by atoms with Gasteiger partial charge in [0.05, 0.1) is 12.0 Å². The van der Waals surface area contributed by atoms with Crippen molar-refractivity contribution in [2.45, 2.75) is 111 Å². The Morgan fingerprint density at radius 2 is 1.36 bits per heavy atom. The minimum absolute atomic E-state index is 0.0107. The summed E-state index contributed by atoms with van der Waals surface area (Å²) in [6, 6.07) is 9.34. The SMILES string of the molecule is C#C.C#C.C#C.C#C.C=C.CC1(C)C(c2ccc(C(=O)O)cc2)=CC[C@@]2(C)C1CC[C@]1(C)C2CC[C@@H]2C3CCC[C@]3(NC(=O)Cc3ncccn3)CC[C@]21C. The van der Waals surface area contributed by atoms with E-state index in [1.54, 1.807) is 30.6 Å². The third kappa shape index (κ3) is 8.03. The zero-order chi connectivity index (χ0) is 41.8. The molecule has 3 unspecified atom stereocenters. The zero-order valence-electron chi connectivity index (χ0n) is 33.9. The second kappa shape index (κ2) is 19.0. The maximum atomic E-state index is 13.4. The van der Waals surface area contributed by atoms with E-state index in [2.05, 4.69) is 121 Å². The molecule has 0 radical (unpaired) electrons. The van der Waals surface area contributed by atoms with Crippen molar-refractivity contribution in [2.75, 3.05) is 0 Å². The molecule has 0 saturated heterocycles. The first-order valence-corrected chi connectivity index (χ1v) is 19.3. The van der Waals surface area contributed by atoms with Crippen LogP contribution in [0.1, 0.15) is 121 Å². The predicted octanol–water partition coefficient (Wildman–Crippen LogP) is 9.93. The summed E-state index contributed by atoms with van der Waals surface area (Å²) in [5.41, 5.74) is 3.58. The van der Waals surface area contributed by atoms with Gasteiger partial charge >= 0.3 is 5.97 Å². The average molecular weight is 742 g/mol. The van der Waals surface area contributed by atoms with Gasteiger partial charge in [-0.2, -0.15) is 0 Å². The molecule has 8 atom stereocenters. The topological polar surface area (TPSA) is 92.2 Å². The van der Waals surface area contributed by atoms with Crippen LogP contribution < -0.4 is 5.32 Å². The molecule has 0 spiro atoms. The molecular weight excluding hydrogens is 679 g/mol. The highest BCUT2D eigenvalue weighted by Gasteiger charge is 2.69. The van der Waals surface area contributed by atoms with E-state index in [1.807, 2.05) is 12.1 Å². The minimum atomic E-state index is -0.872. The van der Waals surface area contributed by atoms with Gasteiger partial charge in [-0.25, -0.2) is 14.8 Å². The highest BCUT2D eigenvalue weighted by atomic mass is 16.4. The first kappa shape index (κ1) is 46.1. The Balaban J connectivity index is 0.000000970. The lowest BCUT2D eigenvalue weighted by atomic mass is 9.33.